The highest BCUT2D eigenvalue weighted by Gasteiger charge is 2.27. The van der Waals surface area contributed by atoms with Gasteiger partial charge in [-0.25, -0.2) is 0 Å². The van der Waals surface area contributed by atoms with E-state index in [9.17, 15) is 4.79 Å². The monoisotopic (exact) mass is 221 g/mol. The SMILES string of the molecule is COC(=O)CC1CNc2cccc(OC)c21. The van der Waals surface area contributed by atoms with Crippen LogP contribution in [0.25, 0.3) is 0 Å². The van der Waals surface area contributed by atoms with Gasteiger partial charge in [-0.2, -0.15) is 0 Å². The molecule has 0 bridgehead atoms. The van der Waals surface area contributed by atoms with Crippen molar-refractivity contribution in [3.05, 3.63) is 23.8 Å². The van der Waals surface area contributed by atoms with Crippen molar-refractivity contribution in [2.24, 2.45) is 0 Å². The number of carbonyl (C=O) groups excluding carboxylic acids is 1. The Labute approximate surface area is 94.6 Å². The first-order valence-electron chi connectivity index (χ1n) is 5.24. The van der Waals surface area contributed by atoms with Crippen LogP contribution in [-0.2, 0) is 9.53 Å². The first kappa shape index (κ1) is 10.8. The second kappa shape index (κ2) is 4.43. The molecule has 1 aliphatic rings. The van der Waals surface area contributed by atoms with Crippen molar-refractivity contribution < 1.29 is 14.3 Å². The van der Waals surface area contributed by atoms with Crippen LogP contribution in [0.15, 0.2) is 18.2 Å². The quantitative estimate of drug-likeness (QED) is 0.790. The highest BCUT2D eigenvalue weighted by atomic mass is 16.5. The van der Waals surface area contributed by atoms with Gasteiger partial charge in [-0.3, -0.25) is 4.79 Å². The lowest BCUT2D eigenvalue weighted by atomic mass is 9.97. The van der Waals surface area contributed by atoms with Gasteiger partial charge in [0.1, 0.15) is 5.75 Å². The van der Waals surface area contributed by atoms with Gasteiger partial charge in [-0.05, 0) is 12.1 Å². The van der Waals surface area contributed by atoms with Gasteiger partial charge in [0, 0.05) is 23.7 Å². The number of fused-ring (bicyclic) bond motifs is 1. The zero-order valence-corrected chi connectivity index (χ0v) is 9.45. The van der Waals surface area contributed by atoms with Gasteiger partial charge in [-0.15, -0.1) is 0 Å². The van der Waals surface area contributed by atoms with Gasteiger partial charge in [0.15, 0.2) is 0 Å². The van der Waals surface area contributed by atoms with Gasteiger partial charge in [-0.1, -0.05) is 6.07 Å². The van der Waals surface area contributed by atoms with Crippen molar-refractivity contribution in [1.82, 2.24) is 0 Å². The van der Waals surface area contributed by atoms with Gasteiger partial charge in [0.05, 0.1) is 20.6 Å². The van der Waals surface area contributed by atoms with Crippen molar-refractivity contribution in [2.45, 2.75) is 12.3 Å². The number of nitrogens with one attached hydrogen (secondary N) is 1. The summed E-state index contributed by atoms with van der Waals surface area (Å²) < 4.78 is 10.0. The number of ether oxygens (including phenoxy) is 2. The molecule has 0 saturated heterocycles. The number of anilines is 1. The van der Waals surface area contributed by atoms with Crippen LogP contribution in [0, 0.1) is 0 Å². The predicted molar refractivity (Wildman–Crippen MR) is 60.9 cm³/mol. The molecule has 0 radical (unpaired) electrons. The first-order valence-corrected chi connectivity index (χ1v) is 5.24. The van der Waals surface area contributed by atoms with E-state index in [-0.39, 0.29) is 11.9 Å². The largest absolute Gasteiger partial charge is 0.496 e. The van der Waals surface area contributed by atoms with Crippen LogP contribution in [0.3, 0.4) is 0 Å². The molecule has 1 unspecified atom stereocenters. The zero-order valence-electron chi connectivity index (χ0n) is 9.45. The van der Waals surface area contributed by atoms with E-state index in [0.717, 1.165) is 23.5 Å². The summed E-state index contributed by atoms with van der Waals surface area (Å²) in [4.78, 5) is 11.3. The van der Waals surface area contributed by atoms with E-state index in [1.54, 1.807) is 7.11 Å². The summed E-state index contributed by atoms with van der Waals surface area (Å²) >= 11 is 0. The molecule has 0 aromatic heterocycles. The summed E-state index contributed by atoms with van der Waals surface area (Å²) in [5.74, 6) is 0.778. The lowest BCUT2D eigenvalue weighted by molar-refractivity contribution is -0.140. The standard InChI is InChI=1S/C12H15NO3/c1-15-10-5-3-4-9-12(10)8(7-13-9)6-11(14)16-2/h3-5,8,13H,6-7H2,1-2H3. The Bertz CT molecular complexity index is 403. The minimum absolute atomic E-state index is 0.138. The van der Waals surface area contributed by atoms with Crippen LogP contribution in [0.4, 0.5) is 5.69 Å². The number of methoxy groups -OCH3 is 2. The Morgan fingerprint density at radius 2 is 2.31 bits per heavy atom. The molecule has 1 N–H and O–H groups in total. The number of hydrogen-bond donors (Lipinski definition) is 1. The molecule has 16 heavy (non-hydrogen) atoms. The van der Waals surface area contributed by atoms with Crippen LogP contribution in [0.5, 0.6) is 5.75 Å². The van der Waals surface area contributed by atoms with E-state index in [4.69, 9.17) is 9.47 Å². The van der Waals surface area contributed by atoms with Crippen molar-refractivity contribution in [1.29, 1.82) is 0 Å². The minimum Gasteiger partial charge on any atom is -0.496 e. The molecule has 4 heteroatoms. The molecule has 0 saturated carbocycles. The van der Waals surface area contributed by atoms with E-state index in [1.165, 1.54) is 7.11 Å². The number of rotatable bonds is 3. The third-order valence-electron chi connectivity index (χ3n) is 2.87. The average Bonchev–Trinajstić information content (AvgIpc) is 2.72. The third kappa shape index (κ3) is 1.83. The second-order valence-electron chi connectivity index (χ2n) is 3.78. The lowest BCUT2D eigenvalue weighted by Gasteiger charge is -2.12. The molecule has 1 atom stereocenters. The first-order chi connectivity index (χ1) is 7.76. The van der Waals surface area contributed by atoms with E-state index in [1.807, 2.05) is 18.2 Å². The van der Waals surface area contributed by atoms with Gasteiger partial charge in [0.25, 0.3) is 0 Å². The van der Waals surface area contributed by atoms with Crippen molar-refractivity contribution in [2.75, 3.05) is 26.1 Å². The normalized spacial score (nSPS) is 17.5. The summed E-state index contributed by atoms with van der Waals surface area (Å²) in [6.07, 6.45) is 0.386. The van der Waals surface area contributed by atoms with E-state index in [2.05, 4.69) is 5.32 Å². The smallest absolute Gasteiger partial charge is 0.306 e. The third-order valence-corrected chi connectivity index (χ3v) is 2.87. The van der Waals surface area contributed by atoms with Crippen LogP contribution >= 0.6 is 0 Å². The Morgan fingerprint density at radius 3 is 3.00 bits per heavy atom. The molecule has 0 amide bonds. The molecule has 0 fully saturated rings. The Kier molecular flexibility index (Phi) is 2.99. The molecule has 0 aliphatic carbocycles. The maximum Gasteiger partial charge on any atom is 0.306 e. The molecular weight excluding hydrogens is 206 g/mol. The number of esters is 1. The highest BCUT2D eigenvalue weighted by molar-refractivity contribution is 5.73. The van der Waals surface area contributed by atoms with E-state index < -0.39 is 0 Å². The van der Waals surface area contributed by atoms with Crippen LogP contribution in [0.2, 0.25) is 0 Å². The predicted octanol–water partition coefficient (Wildman–Crippen LogP) is 1.77. The molecule has 1 aliphatic heterocycles. The topological polar surface area (TPSA) is 47.6 Å². The Balaban J connectivity index is 2.27. The van der Waals surface area contributed by atoms with Crippen LogP contribution in [-0.4, -0.2) is 26.7 Å². The highest BCUT2D eigenvalue weighted by Crippen LogP contribution is 2.40. The molecule has 1 aromatic rings. The summed E-state index contributed by atoms with van der Waals surface area (Å²) in [6, 6.07) is 5.84. The minimum atomic E-state index is -0.189. The van der Waals surface area contributed by atoms with Crippen molar-refractivity contribution in [3.63, 3.8) is 0 Å². The lowest BCUT2D eigenvalue weighted by Crippen LogP contribution is -2.10. The van der Waals surface area contributed by atoms with Gasteiger partial charge >= 0.3 is 5.97 Å². The summed E-state index contributed by atoms with van der Waals surface area (Å²) in [5.41, 5.74) is 2.13. The summed E-state index contributed by atoms with van der Waals surface area (Å²) in [7, 11) is 3.05. The van der Waals surface area contributed by atoms with Gasteiger partial charge in [0.2, 0.25) is 0 Å². The summed E-state index contributed by atoms with van der Waals surface area (Å²) in [5, 5.41) is 3.27. The molecule has 1 aromatic carbocycles. The van der Waals surface area contributed by atoms with Crippen LogP contribution < -0.4 is 10.1 Å². The van der Waals surface area contributed by atoms with E-state index >= 15 is 0 Å². The average molecular weight is 221 g/mol. The zero-order chi connectivity index (χ0) is 11.5. The molecule has 86 valence electrons. The molecule has 1 heterocycles. The Hall–Kier alpha value is -1.71. The van der Waals surface area contributed by atoms with Gasteiger partial charge < -0.3 is 14.8 Å². The number of benzene rings is 1. The second-order valence-corrected chi connectivity index (χ2v) is 3.78. The maximum atomic E-state index is 11.3. The fourth-order valence-corrected chi connectivity index (χ4v) is 2.09. The number of carbonyl (C=O) groups is 1. The molecule has 2 rings (SSSR count). The fourth-order valence-electron chi connectivity index (χ4n) is 2.09. The molecular formula is C12H15NO3. The van der Waals surface area contributed by atoms with Crippen LogP contribution in [0.1, 0.15) is 17.9 Å². The van der Waals surface area contributed by atoms with Crippen molar-refractivity contribution in [3.8, 4) is 5.75 Å². The number of hydrogen-bond acceptors (Lipinski definition) is 4. The van der Waals surface area contributed by atoms with Crippen molar-refractivity contribution >= 4 is 11.7 Å². The summed E-state index contributed by atoms with van der Waals surface area (Å²) in [6.45, 7) is 0.755. The Morgan fingerprint density at radius 1 is 1.50 bits per heavy atom. The molecule has 0 spiro atoms. The molecule has 4 nitrogen and oxygen atoms in total. The maximum absolute atomic E-state index is 11.3. The fraction of sp³-hybridized carbons (Fsp3) is 0.417. The van der Waals surface area contributed by atoms with E-state index in [0.29, 0.717) is 6.42 Å².